The minimum atomic E-state index is -1.01. The van der Waals surface area contributed by atoms with E-state index in [1.54, 1.807) is 19.9 Å². The molecule has 10 nitrogen and oxygen atoms in total. The van der Waals surface area contributed by atoms with Gasteiger partial charge in [0.05, 0.1) is 13.2 Å². The van der Waals surface area contributed by atoms with Crippen LogP contribution in [0.4, 0.5) is 0 Å². The summed E-state index contributed by atoms with van der Waals surface area (Å²) in [6.07, 6.45) is 42.2. The molecule has 2 aromatic rings. The molecule has 75 heavy (non-hydrogen) atoms. The maximum atomic E-state index is 12.8. The first-order valence-electron chi connectivity index (χ1n) is 30.2. The summed E-state index contributed by atoms with van der Waals surface area (Å²) in [5, 5.41) is 11.6. The average molecular weight is 1050 g/mol. The minimum Gasteiger partial charge on any atom is -0.489 e. The standard InChI is InChI=1S/C65H104O10/c1-7-9-11-13-15-17-19-21-23-25-27-29-31-33-35-39-45-70-48-55(74-64(68)52(3)4)50-72-61-57-41-37-38-42-58(57)62(60-47-54(63(66)67)43-44-59(60)61)73-51-56(75-65(69)53(5)6)49-71-46-40-36-34-32-30-28-26-24-22-20-18-16-14-12-10-8-2/h37-38,41-43,55-56H,3,5,7-36,39-40,44-51H2,1-2,4,6H3,(H,66,67). The maximum Gasteiger partial charge on any atom is 0.333 e. The topological polar surface area (TPSA) is 127 Å². The Kier molecular flexibility index (Phi) is 36.4. The van der Waals surface area contributed by atoms with Gasteiger partial charge in [0, 0.05) is 58.3 Å². The molecule has 2 atom stereocenters. The molecule has 0 fully saturated rings. The Morgan fingerprint density at radius 1 is 0.480 bits per heavy atom. The van der Waals surface area contributed by atoms with Crippen LogP contribution in [0.5, 0.6) is 11.5 Å². The lowest BCUT2D eigenvalue weighted by Gasteiger charge is -2.27. The largest absolute Gasteiger partial charge is 0.489 e. The van der Waals surface area contributed by atoms with Gasteiger partial charge in [-0.1, -0.05) is 250 Å². The van der Waals surface area contributed by atoms with Gasteiger partial charge in [-0.25, -0.2) is 14.4 Å². The third-order valence-corrected chi connectivity index (χ3v) is 14.5. The van der Waals surface area contributed by atoms with Gasteiger partial charge in [-0.2, -0.15) is 0 Å². The highest BCUT2D eigenvalue weighted by Crippen LogP contribution is 2.44. The highest BCUT2D eigenvalue weighted by atomic mass is 16.6. The zero-order valence-electron chi connectivity index (χ0n) is 47.9. The number of carboxylic acid groups (broad SMARTS) is 1. The fourth-order valence-corrected chi connectivity index (χ4v) is 9.88. The number of carbonyl (C=O) groups excluding carboxylic acids is 2. The molecular formula is C65H104O10. The minimum absolute atomic E-state index is 0.0137. The van der Waals surface area contributed by atoms with E-state index in [0.29, 0.717) is 35.7 Å². The van der Waals surface area contributed by atoms with Gasteiger partial charge in [0.1, 0.15) is 24.7 Å². The molecule has 0 aliphatic heterocycles. The van der Waals surface area contributed by atoms with Crippen molar-refractivity contribution < 1.29 is 47.9 Å². The van der Waals surface area contributed by atoms with Crippen LogP contribution in [-0.4, -0.2) is 74.9 Å². The summed E-state index contributed by atoms with van der Waals surface area (Å²) in [6, 6.07) is 7.66. The molecule has 424 valence electrons. The van der Waals surface area contributed by atoms with Crippen LogP contribution in [0.3, 0.4) is 0 Å². The van der Waals surface area contributed by atoms with E-state index in [1.165, 1.54) is 180 Å². The second kappa shape index (κ2) is 41.9. The van der Waals surface area contributed by atoms with E-state index in [-0.39, 0.29) is 56.0 Å². The Balaban J connectivity index is 1.54. The molecule has 0 aromatic heterocycles. The number of esters is 2. The van der Waals surface area contributed by atoms with Gasteiger partial charge in [0.2, 0.25) is 0 Å². The van der Waals surface area contributed by atoms with Gasteiger partial charge in [-0.3, -0.25) is 0 Å². The number of unbranched alkanes of at least 4 members (excludes halogenated alkanes) is 30. The number of rotatable bonds is 49. The molecule has 0 saturated carbocycles. The van der Waals surface area contributed by atoms with Crippen LogP contribution in [0.1, 0.15) is 244 Å². The van der Waals surface area contributed by atoms with Crippen molar-refractivity contribution in [3.8, 4) is 11.5 Å². The molecule has 0 amide bonds. The Bertz CT molecular complexity index is 1930. The predicted molar refractivity (Wildman–Crippen MR) is 308 cm³/mol. The third-order valence-electron chi connectivity index (χ3n) is 14.5. The van der Waals surface area contributed by atoms with E-state index in [9.17, 15) is 19.5 Å². The van der Waals surface area contributed by atoms with Gasteiger partial charge in [-0.15, -0.1) is 0 Å². The van der Waals surface area contributed by atoms with Gasteiger partial charge in [-0.05, 0) is 33.1 Å². The third kappa shape index (κ3) is 28.7. The van der Waals surface area contributed by atoms with E-state index in [0.717, 1.165) is 36.6 Å². The second-order valence-corrected chi connectivity index (χ2v) is 21.6. The van der Waals surface area contributed by atoms with Crippen molar-refractivity contribution >= 4 is 28.7 Å². The molecule has 1 N–H and O–H groups in total. The maximum absolute atomic E-state index is 12.8. The lowest BCUT2D eigenvalue weighted by atomic mass is 9.87. The van der Waals surface area contributed by atoms with E-state index in [4.69, 9.17) is 28.4 Å². The number of ether oxygens (including phenoxy) is 6. The van der Waals surface area contributed by atoms with Crippen molar-refractivity contribution in [2.45, 2.75) is 258 Å². The highest BCUT2D eigenvalue weighted by Gasteiger charge is 2.29. The average Bonchev–Trinajstić information content (AvgIpc) is 3.40. The summed E-state index contributed by atoms with van der Waals surface area (Å²) in [7, 11) is 0. The van der Waals surface area contributed by atoms with Crippen LogP contribution in [0.15, 0.2) is 60.2 Å². The number of hydrogen-bond donors (Lipinski definition) is 1. The van der Waals surface area contributed by atoms with Crippen molar-refractivity contribution in [2.24, 2.45) is 0 Å². The SMILES string of the molecule is C=C(C)C(=O)OC(COCCCCCCCCCCCCCCCCCC)COc1c2c(c(OCC(COCCCCCCCCCCCCCCCCCC)OC(=O)C(=C)C)c3ccccc13)CC(C(=O)O)=CC2. The molecule has 10 heteroatoms. The number of carbonyl (C=O) groups is 3. The molecule has 3 rings (SSSR count). The number of fused-ring (bicyclic) bond motifs is 2. The quantitative estimate of drug-likeness (QED) is 0.0389. The normalized spacial score (nSPS) is 13.0. The summed E-state index contributed by atoms with van der Waals surface area (Å²) in [6.45, 7) is 16.7. The second-order valence-electron chi connectivity index (χ2n) is 21.6. The molecule has 0 radical (unpaired) electrons. The number of hydrogen-bond acceptors (Lipinski definition) is 9. The lowest BCUT2D eigenvalue weighted by molar-refractivity contribution is -0.150. The van der Waals surface area contributed by atoms with Crippen molar-refractivity contribution in [1.82, 2.24) is 0 Å². The molecule has 1 aliphatic carbocycles. The zero-order valence-corrected chi connectivity index (χ0v) is 47.9. The van der Waals surface area contributed by atoms with Gasteiger partial charge in [0.15, 0.2) is 12.2 Å². The number of aliphatic carboxylic acids is 1. The molecule has 0 spiro atoms. The highest BCUT2D eigenvalue weighted by molar-refractivity contribution is 5.98. The first kappa shape index (κ1) is 65.1. The Hall–Kier alpha value is -4.15. The fourth-order valence-electron chi connectivity index (χ4n) is 9.88. The van der Waals surface area contributed by atoms with Gasteiger partial charge in [0.25, 0.3) is 0 Å². The lowest BCUT2D eigenvalue weighted by Crippen LogP contribution is -2.31. The van der Waals surface area contributed by atoms with Crippen molar-refractivity contribution in [1.29, 1.82) is 0 Å². The van der Waals surface area contributed by atoms with E-state index in [2.05, 4.69) is 27.0 Å². The number of benzene rings is 2. The van der Waals surface area contributed by atoms with Gasteiger partial charge >= 0.3 is 17.9 Å². The Morgan fingerprint density at radius 3 is 1.12 bits per heavy atom. The van der Waals surface area contributed by atoms with Crippen LogP contribution >= 0.6 is 0 Å². The molecule has 0 bridgehead atoms. The summed E-state index contributed by atoms with van der Waals surface area (Å²) in [5.41, 5.74) is 2.26. The predicted octanol–water partition coefficient (Wildman–Crippen LogP) is 17.2. The fraction of sp³-hybridized carbons (Fsp3) is 0.708. The van der Waals surface area contributed by atoms with E-state index < -0.39 is 30.1 Å². The van der Waals surface area contributed by atoms with Crippen LogP contribution in [0.25, 0.3) is 10.8 Å². The molecular weight excluding hydrogens is 941 g/mol. The Morgan fingerprint density at radius 2 is 0.800 bits per heavy atom. The van der Waals surface area contributed by atoms with Crippen LogP contribution < -0.4 is 9.47 Å². The monoisotopic (exact) mass is 1040 g/mol. The van der Waals surface area contributed by atoms with Crippen LogP contribution in [0.2, 0.25) is 0 Å². The zero-order chi connectivity index (χ0) is 54.1. The first-order valence-corrected chi connectivity index (χ1v) is 30.2. The first-order chi connectivity index (χ1) is 36.6. The summed E-state index contributed by atoms with van der Waals surface area (Å²) in [4.78, 5) is 38.1. The van der Waals surface area contributed by atoms with Gasteiger partial charge < -0.3 is 33.5 Å². The van der Waals surface area contributed by atoms with Crippen LogP contribution in [0, 0.1) is 0 Å². The summed E-state index contributed by atoms with van der Waals surface area (Å²) >= 11 is 0. The summed E-state index contributed by atoms with van der Waals surface area (Å²) in [5.74, 6) is -0.991. The van der Waals surface area contributed by atoms with Crippen molar-refractivity contribution in [3.05, 3.63) is 71.3 Å². The molecule has 2 aromatic carbocycles. The van der Waals surface area contributed by atoms with E-state index >= 15 is 0 Å². The van der Waals surface area contributed by atoms with Crippen molar-refractivity contribution in [3.63, 3.8) is 0 Å². The molecule has 0 saturated heterocycles. The number of allylic oxidation sites excluding steroid dienone is 1. The van der Waals surface area contributed by atoms with Crippen molar-refractivity contribution in [2.75, 3.05) is 39.6 Å². The summed E-state index contributed by atoms with van der Waals surface area (Å²) < 4.78 is 37.1. The van der Waals surface area contributed by atoms with Crippen LogP contribution in [-0.2, 0) is 46.2 Å². The Labute approximate surface area is 455 Å². The molecule has 0 heterocycles. The van der Waals surface area contributed by atoms with E-state index in [1.807, 2.05) is 24.3 Å². The molecule has 1 aliphatic rings. The smallest absolute Gasteiger partial charge is 0.333 e. The molecule has 2 unspecified atom stereocenters. The number of carboxylic acids is 1.